The molecule has 1 rings (SSSR count). The molecular weight excluding hydrogens is 318 g/mol. The number of aromatic carboxylic acids is 1. The highest BCUT2D eigenvalue weighted by Crippen LogP contribution is 2.28. The lowest BCUT2D eigenvalue weighted by Crippen LogP contribution is -2.24. The number of unbranched alkanes of at least 4 members (excludes halogenated alkanes) is 2. The van der Waals surface area contributed by atoms with Crippen LogP contribution in [0.1, 0.15) is 56.8 Å². The van der Waals surface area contributed by atoms with Crippen molar-refractivity contribution in [2.75, 3.05) is 11.9 Å². The van der Waals surface area contributed by atoms with Crippen LogP contribution >= 0.6 is 15.9 Å². The number of carboxylic acid groups (broad SMARTS) is 1. The van der Waals surface area contributed by atoms with Gasteiger partial charge in [-0.1, -0.05) is 46.1 Å². The summed E-state index contributed by atoms with van der Waals surface area (Å²) in [6.07, 6.45) is 4.83. The average molecular weight is 342 g/mol. The lowest BCUT2D eigenvalue weighted by Gasteiger charge is -2.26. The average Bonchev–Trinajstić information content (AvgIpc) is 2.36. The smallest absolute Gasteiger partial charge is 0.338 e. The molecule has 2 N–H and O–H groups in total. The van der Waals surface area contributed by atoms with Crippen molar-refractivity contribution in [3.05, 3.63) is 28.2 Å². The Kier molecular flexibility index (Phi) is 6.53. The van der Waals surface area contributed by atoms with Crippen molar-refractivity contribution in [2.24, 2.45) is 5.41 Å². The molecule has 0 heterocycles. The van der Waals surface area contributed by atoms with Crippen LogP contribution < -0.4 is 5.32 Å². The molecule has 0 atom stereocenters. The zero-order chi connectivity index (χ0) is 15.2. The number of carboxylic acids is 1. The fourth-order valence-corrected chi connectivity index (χ4v) is 2.70. The van der Waals surface area contributed by atoms with E-state index in [1.54, 1.807) is 6.07 Å². The third-order valence-corrected chi connectivity index (χ3v) is 4.10. The van der Waals surface area contributed by atoms with Gasteiger partial charge in [-0.25, -0.2) is 4.79 Å². The van der Waals surface area contributed by atoms with E-state index in [0.29, 0.717) is 15.7 Å². The normalized spacial score (nSPS) is 11.4. The van der Waals surface area contributed by atoms with E-state index in [1.807, 2.05) is 12.1 Å². The largest absolute Gasteiger partial charge is 0.478 e. The van der Waals surface area contributed by atoms with E-state index in [9.17, 15) is 9.90 Å². The standard InChI is InChI=1S/C16H24BrNO2/c1-4-5-6-10-16(2,3)11-18-13-9-7-8-12(17)14(13)15(19)20/h7-9,18H,4-6,10-11H2,1-3H3,(H,19,20). The minimum atomic E-state index is -0.913. The van der Waals surface area contributed by atoms with Crippen molar-refractivity contribution in [1.82, 2.24) is 0 Å². The van der Waals surface area contributed by atoms with Crippen LogP contribution in [0.2, 0.25) is 0 Å². The molecule has 0 aliphatic rings. The summed E-state index contributed by atoms with van der Waals surface area (Å²) in [5.74, 6) is -0.913. The van der Waals surface area contributed by atoms with Gasteiger partial charge in [-0.3, -0.25) is 0 Å². The Labute approximate surface area is 129 Å². The zero-order valence-corrected chi connectivity index (χ0v) is 14.1. The molecule has 1 aromatic rings. The molecule has 0 fully saturated rings. The summed E-state index contributed by atoms with van der Waals surface area (Å²) in [5, 5.41) is 12.6. The molecule has 0 unspecified atom stereocenters. The van der Waals surface area contributed by atoms with Crippen molar-refractivity contribution in [3.63, 3.8) is 0 Å². The summed E-state index contributed by atoms with van der Waals surface area (Å²) in [7, 11) is 0. The molecule has 0 radical (unpaired) electrons. The third kappa shape index (κ3) is 5.16. The highest BCUT2D eigenvalue weighted by Gasteiger charge is 2.19. The summed E-state index contributed by atoms with van der Waals surface area (Å²) in [4.78, 5) is 11.3. The predicted molar refractivity (Wildman–Crippen MR) is 87.5 cm³/mol. The quantitative estimate of drug-likeness (QED) is 0.641. The van der Waals surface area contributed by atoms with Crippen LogP contribution in [0.3, 0.4) is 0 Å². The van der Waals surface area contributed by atoms with Crippen LogP contribution in [0.25, 0.3) is 0 Å². The number of anilines is 1. The Morgan fingerprint density at radius 3 is 2.65 bits per heavy atom. The lowest BCUT2D eigenvalue weighted by atomic mass is 9.86. The molecule has 0 aliphatic carbocycles. The van der Waals surface area contributed by atoms with Gasteiger partial charge < -0.3 is 10.4 Å². The van der Waals surface area contributed by atoms with E-state index in [-0.39, 0.29) is 5.41 Å². The van der Waals surface area contributed by atoms with E-state index in [4.69, 9.17) is 0 Å². The first-order valence-electron chi connectivity index (χ1n) is 7.13. The Balaban J connectivity index is 2.70. The molecular formula is C16H24BrNO2. The highest BCUT2D eigenvalue weighted by atomic mass is 79.9. The fraction of sp³-hybridized carbons (Fsp3) is 0.562. The van der Waals surface area contributed by atoms with Crippen LogP contribution in [0.4, 0.5) is 5.69 Å². The molecule has 112 valence electrons. The molecule has 0 spiro atoms. The van der Waals surface area contributed by atoms with Crippen molar-refractivity contribution >= 4 is 27.6 Å². The Bertz CT molecular complexity index is 458. The van der Waals surface area contributed by atoms with Crippen LogP contribution in [-0.4, -0.2) is 17.6 Å². The number of benzene rings is 1. The second kappa shape index (κ2) is 7.67. The third-order valence-electron chi connectivity index (χ3n) is 3.44. The Morgan fingerprint density at radius 1 is 1.35 bits per heavy atom. The van der Waals surface area contributed by atoms with E-state index in [2.05, 4.69) is 42.0 Å². The second-order valence-corrected chi connectivity index (χ2v) is 6.80. The van der Waals surface area contributed by atoms with E-state index in [1.165, 1.54) is 19.3 Å². The lowest BCUT2D eigenvalue weighted by molar-refractivity contribution is 0.0697. The van der Waals surface area contributed by atoms with E-state index >= 15 is 0 Å². The van der Waals surface area contributed by atoms with E-state index < -0.39 is 5.97 Å². The monoisotopic (exact) mass is 341 g/mol. The first kappa shape index (κ1) is 17.0. The summed E-state index contributed by atoms with van der Waals surface area (Å²) < 4.78 is 0.610. The molecule has 0 bridgehead atoms. The van der Waals surface area contributed by atoms with Crippen molar-refractivity contribution in [1.29, 1.82) is 0 Å². The molecule has 0 saturated carbocycles. The molecule has 0 aliphatic heterocycles. The van der Waals surface area contributed by atoms with Gasteiger partial charge in [0.05, 0.1) is 5.56 Å². The molecule has 0 saturated heterocycles. The number of hydrogen-bond acceptors (Lipinski definition) is 2. The van der Waals surface area contributed by atoms with Gasteiger partial charge in [0.25, 0.3) is 0 Å². The highest BCUT2D eigenvalue weighted by molar-refractivity contribution is 9.10. The van der Waals surface area contributed by atoms with Crippen LogP contribution in [0.15, 0.2) is 22.7 Å². The van der Waals surface area contributed by atoms with Crippen molar-refractivity contribution in [3.8, 4) is 0 Å². The summed E-state index contributed by atoms with van der Waals surface area (Å²) in [6, 6.07) is 5.42. The predicted octanol–water partition coefficient (Wildman–Crippen LogP) is 5.17. The minimum Gasteiger partial charge on any atom is -0.478 e. The van der Waals surface area contributed by atoms with Crippen molar-refractivity contribution in [2.45, 2.75) is 46.5 Å². The number of carbonyl (C=O) groups is 1. The molecule has 0 amide bonds. The van der Waals surface area contributed by atoms with Gasteiger partial charge in [0.2, 0.25) is 0 Å². The summed E-state index contributed by atoms with van der Waals surface area (Å²) in [5.41, 5.74) is 1.14. The van der Waals surface area contributed by atoms with Gasteiger partial charge in [0.1, 0.15) is 0 Å². The zero-order valence-electron chi connectivity index (χ0n) is 12.5. The topological polar surface area (TPSA) is 49.3 Å². The van der Waals surface area contributed by atoms with Crippen LogP contribution in [-0.2, 0) is 0 Å². The van der Waals surface area contributed by atoms with Crippen LogP contribution in [0, 0.1) is 5.41 Å². The Morgan fingerprint density at radius 2 is 2.05 bits per heavy atom. The molecule has 4 heteroatoms. The van der Waals surface area contributed by atoms with Gasteiger partial charge in [0.15, 0.2) is 0 Å². The first-order valence-corrected chi connectivity index (χ1v) is 7.92. The SMILES string of the molecule is CCCCCC(C)(C)CNc1cccc(Br)c1C(=O)O. The maximum Gasteiger partial charge on any atom is 0.338 e. The molecule has 1 aromatic carbocycles. The fourth-order valence-electron chi connectivity index (χ4n) is 2.17. The number of hydrogen-bond donors (Lipinski definition) is 2. The molecule has 0 aromatic heterocycles. The number of nitrogens with one attached hydrogen (secondary N) is 1. The van der Waals surface area contributed by atoms with Gasteiger partial charge >= 0.3 is 5.97 Å². The van der Waals surface area contributed by atoms with Crippen LogP contribution in [0.5, 0.6) is 0 Å². The molecule has 20 heavy (non-hydrogen) atoms. The van der Waals surface area contributed by atoms with Crippen molar-refractivity contribution < 1.29 is 9.90 Å². The first-order chi connectivity index (χ1) is 9.37. The maximum absolute atomic E-state index is 11.3. The van der Waals surface area contributed by atoms with E-state index in [0.717, 1.165) is 13.0 Å². The van der Waals surface area contributed by atoms with Gasteiger partial charge in [0, 0.05) is 16.7 Å². The number of halogens is 1. The van der Waals surface area contributed by atoms with Gasteiger partial charge in [-0.05, 0) is 39.9 Å². The Hall–Kier alpha value is -1.03. The van der Waals surface area contributed by atoms with Gasteiger partial charge in [-0.2, -0.15) is 0 Å². The summed E-state index contributed by atoms with van der Waals surface area (Å²) in [6.45, 7) is 7.40. The minimum absolute atomic E-state index is 0.160. The second-order valence-electron chi connectivity index (χ2n) is 5.94. The number of rotatable bonds is 8. The van der Waals surface area contributed by atoms with Gasteiger partial charge in [-0.15, -0.1) is 0 Å². The molecule has 3 nitrogen and oxygen atoms in total. The summed E-state index contributed by atoms with van der Waals surface area (Å²) >= 11 is 3.30. The maximum atomic E-state index is 11.3.